The predicted octanol–water partition coefficient (Wildman–Crippen LogP) is 6.21. The van der Waals surface area contributed by atoms with Gasteiger partial charge in [-0.1, -0.05) is 58.3 Å². The average molecular weight is 307 g/mol. The molecule has 20 heavy (non-hydrogen) atoms. The van der Waals surface area contributed by atoms with E-state index in [4.69, 9.17) is 0 Å². The van der Waals surface area contributed by atoms with E-state index in [0.717, 1.165) is 0 Å². The van der Waals surface area contributed by atoms with E-state index in [2.05, 4.69) is 27.7 Å². The third-order valence-corrected chi connectivity index (χ3v) is 5.00. The summed E-state index contributed by atoms with van der Waals surface area (Å²) in [6, 6.07) is 0. The summed E-state index contributed by atoms with van der Waals surface area (Å²) >= 11 is 0. The molecule has 0 rings (SSSR count). The van der Waals surface area contributed by atoms with Crippen LogP contribution in [-0.4, -0.2) is 30.7 Å². The number of rotatable bonds is 14. The van der Waals surface area contributed by atoms with Crippen molar-refractivity contribution in [2.45, 2.75) is 91.9 Å². The molecule has 0 aliphatic heterocycles. The van der Waals surface area contributed by atoms with Crippen LogP contribution in [0.1, 0.15) is 91.9 Å². The highest BCUT2D eigenvalue weighted by molar-refractivity contribution is 5.85. The van der Waals surface area contributed by atoms with Crippen molar-refractivity contribution >= 4 is 12.4 Å². The molecule has 0 N–H and O–H groups in total. The fraction of sp³-hybridized carbons (Fsp3) is 1.00. The number of hydrogen-bond acceptors (Lipinski definition) is 0. The Labute approximate surface area is 135 Å². The van der Waals surface area contributed by atoms with E-state index in [-0.39, 0.29) is 12.4 Å². The molecule has 0 heterocycles. The van der Waals surface area contributed by atoms with Gasteiger partial charge in [-0.05, 0) is 33.6 Å². The lowest BCUT2D eigenvalue weighted by Gasteiger charge is -2.35. The quantitative estimate of drug-likeness (QED) is 0.264. The largest absolute Gasteiger partial charge is 0.324 e. The second-order valence-corrected chi connectivity index (χ2v) is 6.20. The minimum Gasteiger partial charge on any atom is -0.324 e. The molecule has 0 saturated heterocycles. The van der Waals surface area contributed by atoms with Crippen molar-refractivity contribution in [1.29, 1.82) is 0 Å². The Morgan fingerprint density at radius 3 is 1.20 bits per heavy atom. The van der Waals surface area contributed by atoms with Gasteiger partial charge in [-0.25, -0.2) is 0 Å². The van der Waals surface area contributed by atoms with Crippen LogP contribution in [0.2, 0.25) is 0 Å². The van der Waals surface area contributed by atoms with Gasteiger partial charge in [0.1, 0.15) is 0 Å². The van der Waals surface area contributed by atoms with Crippen LogP contribution in [0.25, 0.3) is 0 Å². The Morgan fingerprint density at radius 2 is 0.850 bits per heavy atom. The number of unbranched alkanes of at least 4 members (excludes halogenated alkanes) is 9. The summed E-state index contributed by atoms with van der Waals surface area (Å²) in [6.45, 7) is 14.7. The summed E-state index contributed by atoms with van der Waals surface area (Å²) in [7, 11) is 0. The highest BCUT2D eigenvalue weighted by Gasteiger charge is 2.19. The van der Waals surface area contributed by atoms with Gasteiger partial charge in [-0.2, -0.15) is 0 Å². The molecule has 124 valence electrons. The van der Waals surface area contributed by atoms with E-state index in [1.165, 1.54) is 94.9 Å². The van der Waals surface area contributed by atoms with Gasteiger partial charge in [0.05, 0.1) is 26.2 Å². The summed E-state index contributed by atoms with van der Waals surface area (Å²) in [5.41, 5.74) is 0. The maximum atomic E-state index is 2.35. The van der Waals surface area contributed by atoms with Crippen molar-refractivity contribution in [3.05, 3.63) is 0 Å². The highest BCUT2D eigenvalue weighted by Crippen LogP contribution is 2.13. The minimum atomic E-state index is 0. The summed E-state index contributed by atoms with van der Waals surface area (Å²) in [6.07, 6.45) is 14.5. The number of hydrogen-bond donors (Lipinski definition) is 0. The van der Waals surface area contributed by atoms with Crippen LogP contribution in [-0.2, 0) is 0 Å². The van der Waals surface area contributed by atoms with Crippen molar-refractivity contribution in [2.75, 3.05) is 26.2 Å². The molecule has 0 unspecified atom stereocenters. The van der Waals surface area contributed by atoms with Gasteiger partial charge in [0.2, 0.25) is 0 Å². The molecule has 0 amide bonds. The molecule has 0 atom stereocenters. The normalized spacial score (nSPS) is 11.4. The van der Waals surface area contributed by atoms with Crippen LogP contribution < -0.4 is 0 Å². The lowest BCUT2D eigenvalue weighted by atomic mass is 10.1. The van der Waals surface area contributed by atoms with E-state index in [1.54, 1.807) is 0 Å². The molecule has 0 aliphatic rings. The lowest BCUT2D eigenvalue weighted by Crippen LogP contribution is -2.48. The van der Waals surface area contributed by atoms with E-state index in [1.807, 2.05) is 0 Å². The lowest BCUT2D eigenvalue weighted by molar-refractivity contribution is -0.923. The topological polar surface area (TPSA) is 0 Å². The molecule has 0 saturated carbocycles. The Morgan fingerprint density at radius 1 is 0.500 bits per heavy atom. The van der Waals surface area contributed by atoms with Crippen LogP contribution >= 0.6 is 12.4 Å². The van der Waals surface area contributed by atoms with Gasteiger partial charge in [-0.3, -0.25) is 0 Å². The summed E-state index contributed by atoms with van der Waals surface area (Å²) < 4.78 is 1.33. The van der Waals surface area contributed by atoms with E-state index in [9.17, 15) is 0 Å². The molecule has 2 heteroatoms. The van der Waals surface area contributed by atoms with Crippen molar-refractivity contribution in [2.24, 2.45) is 0 Å². The van der Waals surface area contributed by atoms with Crippen LogP contribution in [0.5, 0.6) is 0 Å². The molecule has 0 aliphatic carbocycles. The molecule has 0 spiro atoms. The van der Waals surface area contributed by atoms with Gasteiger partial charge in [-0.15, -0.1) is 12.4 Å². The third-order valence-electron chi connectivity index (χ3n) is 5.00. The van der Waals surface area contributed by atoms with E-state index >= 15 is 0 Å². The van der Waals surface area contributed by atoms with Gasteiger partial charge < -0.3 is 4.48 Å². The average Bonchev–Trinajstić information content (AvgIpc) is 2.46. The SMILES string of the molecule is CCCCCCCCCCCC[N+](CC)(CC)CC.Cl. The van der Waals surface area contributed by atoms with Crippen molar-refractivity contribution in [3.8, 4) is 0 Å². The Bertz CT molecular complexity index is 170. The Balaban J connectivity index is 0. The first-order valence-electron chi connectivity index (χ1n) is 9.09. The standard InChI is InChI=1S/C18H40N.ClH/c1-5-9-10-11-12-13-14-15-16-17-18-19(6-2,7-3)8-4;/h5-18H2,1-4H3;1H/q+1;. The predicted molar refractivity (Wildman–Crippen MR) is 95.8 cm³/mol. The Hall–Kier alpha value is 0.250. The van der Waals surface area contributed by atoms with Gasteiger partial charge in [0.25, 0.3) is 0 Å². The smallest absolute Gasteiger partial charge is 0.0786 e. The fourth-order valence-electron chi connectivity index (χ4n) is 3.08. The third kappa shape index (κ3) is 11.0. The Kier molecular flexibility index (Phi) is 17.6. The van der Waals surface area contributed by atoms with Gasteiger partial charge in [0, 0.05) is 0 Å². The van der Waals surface area contributed by atoms with Crippen LogP contribution in [0.15, 0.2) is 0 Å². The maximum absolute atomic E-state index is 2.35. The van der Waals surface area contributed by atoms with Gasteiger partial charge in [0.15, 0.2) is 0 Å². The molecule has 0 aromatic rings. The first-order valence-corrected chi connectivity index (χ1v) is 9.09. The van der Waals surface area contributed by atoms with Crippen molar-refractivity contribution in [1.82, 2.24) is 0 Å². The summed E-state index contributed by atoms with van der Waals surface area (Å²) in [5.74, 6) is 0. The minimum absolute atomic E-state index is 0. The monoisotopic (exact) mass is 306 g/mol. The highest BCUT2D eigenvalue weighted by atomic mass is 35.5. The second kappa shape index (κ2) is 15.6. The summed E-state index contributed by atoms with van der Waals surface area (Å²) in [5, 5.41) is 0. The molecular weight excluding hydrogens is 266 g/mol. The van der Waals surface area contributed by atoms with Crippen LogP contribution in [0, 0.1) is 0 Å². The van der Waals surface area contributed by atoms with Crippen LogP contribution in [0.3, 0.4) is 0 Å². The number of halogens is 1. The van der Waals surface area contributed by atoms with E-state index < -0.39 is 0 Å². The maximum Gasteiger partial charge on any atom is 0.0786 e. The van der Waals surface area contributed by atoms with Crippen molar-refractivity contribution < 1.29 is 4.48 Å². The number of nitrogens with zero attached hydrogens (tertiary/aromatic N) is 1. The fourth-order valence-corrected chi connectivity index (χ4v) is 3.08. The zero-order valence-corrected chi connectivity index (χ0v) is 15.6. The summed E-state index contributed by atoms with van der Waals surface area (Å²) in [4.78, 5) is 0. The molecule has 1 nitrogen and oxygen atoms in total. The van der Waals surface area contributed by atoms with Crippen molar-refractivity contribution in [3.63, 3.8) is 0 Å². The zero-order valence-electron chi connectivity index (χ0n) is 14.8. The molecule has 0 fully saturated rings. The molecule has 0 aromatic carbocycles. The molecule has 0 bridgehead atoms. The second-order valence-electron chi connectivity index (χ2n) is 6.20. The zero-order chi connectivity index (χ0) is 14.4. The molecular formula is C18H41ClN+. The first kappa shape index (κ1) is 22.5. The van der Waals surface area contributed by atoms with Gasteiger partial charge >= 0.3 is 0 Å². The molecule has 0 radical (unpaired) electrons. The van der Waals surface area contributed by atoms with Crippen LogP contribution in [0.4, 0.5) is 0 Å². The molecule has 0 aromatic heterocycles. The van der Waals surface area contributed by atoms with E-state index in [0.29, 0.717) is 0 Å². The first-order chi connectivity index (χ1) is 9.24. The number of quaternary nitrogens is 1.